The Kier molecular flexibility index (Phi) is 6.61. The summed E-state index contributed by atoms with van der Waals surface area (Å²) in [5, 5.41) is 18.0. The lowest BCUT2D eigenvalue weighted by Crippen LogP contribution is -2.19. The van der Waals surface area contributed by atoms with Crippen LogP contribution in [0.3, 0.4) is 0 Å². The van der Waals surface area contributed by atoms with E-state index in [0.29, 0.717) is 12.4 Å². The highest BCUT2D eigenvalue weighted by Crippen LogP contribution is 2.35. The number of aliphatic hydroxyl groups is 1. The largest absolute Gasteiger partial charge is 0.393 e. The van der Waals surface area contributed by atoms with Crippen LogP contribution in [0, 0.1) is 0 Å². The normalized spacial score (nSPS) is 18.9. The molecule has 7 nitrogen and oxygen atoms in total. The number of hydrogen-bond acceptors (Lipinski definition) is 6. The maximum Gasteiger partial charge on any atom is 0.241 e. The molecule has 1 aliphatic carbocycles. The number of ketones is 1. The molecule has 1 aromatic carbocycles. The molecule has 2 aromatic heterocycles. The number of benzene rings is 1. The van der Waals surface area contributed by atoms with Crippen molar-refractivity contribution in [2.24, 2.45) is 0 Å². The van der Waals surface area contributed by atoms with E-state index in [-0.39, 0.29) is 17.8 Å². The Morgan fingerprint density at radius 1 is 1.26 bits per heavy atom. The van der Waals surface area contributed by atoms with E-state index in [9.17, 15) is 9.90 Å². The highest BCUT2D eigenvalue weighted by Gasteiger charge is 2.27. The van der Waals surface area contributed by atoms with Gasteiger partial charge in [-0.2, -0.15) is 0 Å². The fraction of sp³-hybridized carbons (Fsp3) is 0.500. The second-order valence-corrected chi connectivity index (χ2v) is 8.56. The molecule has 7 heteroatoms. The zero-order chi connectivity index (χ0) is 21.8. The second-order valence-electron chi connectivity index (χ2n) is 8.56. The number of fused-ring (bicyclic) bond motifs is 1. The number of aliphatic hydroxyl groups excluding tert-OH is 1. The molecule has 0 spiro atoms. The van der Waals surface area contributed by atoms with Crippen molar-refractivity contribution in [1.82, 2.24) is 19.6 Å². The standard InChI is InChI=1S/C24H31N5O2/c1-3-4-12-25-24-26-15-21-22(19-7-5-6-17(14-19)13-16(2)30)27-23(29(21)28-24)18-8-10-20(31)11-9-18/h5-7,14-15,18,20,31H,3-4,8-13H2,1-2H3,(H,25,28). The van der Waals surface area contributed by atoms with Crippen LogP contribution in [-0.4, -0.2) is 43.1 Å². The summed E-state index contributed by atoms with van der Waals surface area (Å²) in [6, 6.07) is 8.00. The molecule has 0 radical (unpaired) electrons. The van der Waals surface area contributed by atoms with Gasteiger partial charge >= 0.3 is 0 Å². The lowest BCUT2D eigenvalue weighted by Gasteiger charge is -2.24. The summed E-state index contributed by atoms with van der Waals surface area (Å²) < 4.78 is 1.93. The number of hydrogen-bond donors (Lipinski definition) is 2. The first-order valence-electron chi connectivity index (χ1n) is 11.3. The molecule has 0 amide bonds. The number of imidazole rings is 1. The van der Waals surface area contributed by atoms with Crippen LogP contribution in [0.4, 0.5) is 5.95 Å². The van der Waals surface area contributed by atoms with Gasteiger partial charge in [-0.1, -0.05) is 31.5 Å². The lowest BCUT2D eigenvalue weighted by molar-refractivity contribution is -0.116. The maximum absolute atomic E-state index is 11.6. The average molecular weight is 422 g/mol. The van der Waals surface area contributed by atoms with Gasteiger partial charge < -0.3 is 10.4 Å². The molecule has 31 heavy (non-hydrogen) atoms. The Bertz CT molecular complexity index is 1050. The molecule has 164 valence electrons. The Hall–Kier alpha value is -2.80. The van der Waals surface area contributed by atoms with E-state index >= 15 is 0 Å². The van der Waals surface area contributed by atoms with Crippen LogP contribution < -0.4 is 5.32 Å². The smallest absolute Gasteiger partial charge is 0.241 e. The van der Waals surface area contributed by atoms with Crippen molar-refractivity contribution in [2.45, 2.75) is 70.8 Å². The third-order valence-corrected chi connectivity index (χ3v) is 5.95. The van der Waals surface area contributed by atoms with Crippen molar-refractivity contribution in [2.75, 3.05) is 11.9 Å². The average Bonchev–Trinajstić information content (AvgIpc) is 3.13. The van der Waals surface area contributed by atoms with Gasteiger partial charge in [0.15, 0.2) is 0 Å². The number of rotatable bonds is 8. The van der Waals surface area contributed by atoms with Gasteiger partial charge in [0.25, 0.3) is 0 Å². The van der Waals surface area contributed by atoms with Gasteiger partial charge in [0.05, 0.1) is 18.0 Å². The van der Waals surface area contributed by atoms with Crippen molar-refractivity contribution in [3.63, 3.8) is 0 Å². The summed E-state index contributed by atoms with van der Waals surface area (Å²) in [4.78, 5) is 21.2. The van der Waals surface area contributed by atoms with Crippen LogP contribution in [0.1, 0.15) is 69.7 Å². The van der Waals surface area contributed by atoms with Gasteiger partial charge in [-0.3, -0.25) is 4.79 Å². The van der Waals surface area contributed by atoms with E-state index in [4.69, 9.17) is 10.1 Å². The first-order valence-corrected chi connectivity index (χ1v) is 11.3. The van der Waals surface area contributed by atoms with E-state index in [1.54, 1.807) is 6.92 Å². The topological polar surface area (TPSA) is 92.4 Å². The number of carbonyl (C=O) groups excluding carboxylic acids is 1. The third kappa shape index (κ3) is 4.93. The van der Waals surface area contributed by atoms with E-state index in [1.165, 1.54) is 0 Å². The van der Waals surface area contributed by atoms with E-state index in [0.717, 1.165) is 73.2 Å². The maximum atomic E-state index is 11.6. The van der Waals surface area contributed by atoms with Gasteiger partial charge in [-0.05, 0) is 50.7 Å². The zero-order valence-corrected chi connectivity index (χ0v) is 18.3. The third-order valence-electron chi connectivity index (χ3n) is 5.95. The molecule has 1 fully saturated rings. The molecular formula is C24H31N5O2. The summed E-state index contributed by atoms with van der Waals surface area (Å²) in [5.74, 6) is 1.92. The number of carbonyl (C=O) groups is 1. The number of nitrogens with zero attached hydrogens (tertiary/aromatic N) is 4. The molecule has 4 rings (SSSR count). The SMILES string of the molecule is CCCCNc1ncc2c(-c3cccc(CC(C)=O)c3)nc(C3CCC(O)CC3)n2n1. The van der Waals surface area contributed by atoms with Crippen molar-refractivity contribution in [1.29, 1.82) is 0 Å². The Morgan fingerprint density at radius 2 is 2.06 bits per heavy atom. The van der Waals surface area contributed by atoms with Gasteiger partial charge in [0.2, 0.25) is 5.95 Å². The number of unbranched alkanes of at least 4 members (excludes halogenated alkanes) is 1. The zero-order valence-electron chi connectivity index (χ0n) is 18.3. The number of nitrogens with one attached hydrogen (secondary N) is 1. The summed E-state index contributed by atoms with van der Waals surface area (Å²) in [5.41, 5.74) is 3.65. The Morgan fingerprint density at radius 3 is 2.81 bits per heavy atom. The highest BCUT2D eigenvalue weighted by molar-refractivity contribution is 5.81. The minimum atomic E-state index is -0.217. The molecule has 1 saturated carbocycles. The second kappa shape index (κ2) is 9.56. The van der Waals surface area contributed by atoms with E-state index in [2.05, 4.69) is 17.2 Å². The monoisotopic (exact) mass is 421 g/mol. The molecule has 1 aliphatic rings. The lowest BCUT2D eigenvalue weighted by atomic mass is 9.87. The molecule has 0 bridgehead atoms. The van der Waals surface area contributed by atoms with Crippen LogP contribution in [0.25, 0.3) is 16.8 Å². The predicted octanol–water partition coefficient (Wildman–Crippen LogP) is 4.15. The molecule has 2 heterocycles. The van der Waals surface area contributed by atoms with Crippen molar-refractivity contribution < 1.29 is 9.90 Å². The molecule has 2 N–H and O–H groups in total. The predicted molar refractivity (Wildman–Crippen MR) is 121 cm³/mol. The Labute approximate surface area is 182 Å². The molecule has 3 aromatic rings. The minimum absolute atomic E-state index is 0.138. The minimum Gasteiger partial charge on any atom is -0.393 e. The first kappa shape index (κ1) is 21.4. The van der Waals surface area contributed by atoms with Gasteiger partial charge in [0, 0.05) is 24.4 Å². The van der Waals surface area contributed by atoms with E-state index in [1.807, 2.05) is 35.0 Å². The highest BCUT2D eigenvalue weighted by atomic mass is 16.3. The molecular weight excluding hydrogens is 390 g/mol. The fourth-order valence-corrected chi connectivity index (χ4v) is 4.29. The Balaban J connectivity index is 1.76. The van der Waals surface area contributed by atoms with Crippen LogP contribution in [0.2, 0.25) is 0 Å². The van der Waals surface area contributed by atoms with Crippen molar-refractivity contribution >= 4 is 17.2 Å². The first-order chi connectivity index (χ1) is 15.0. The number of Topliss-reactive ketones (excluding diaryl/α,β-unsaturated/α-hetero) is 1. The summed E-state index contributed by atoms with van der Waals surface area (Å²) in [6.45, 7) is 4.60. The van der Waals surface area contributed by atoms with Crippen LogP contribution in [-0.2, 0) is 11.2 Å². The van der Waals surface area contributed by atoms with Gasteiger partial charge in [-0.25, -0.2) is 14.5 Å². The molecule has 0 atom stereocenters. The van der Waals surface area contributed by atoms with Crippen molar-refractivity contribution in [3.05, 3.63) is 41.9 Å². The number of aromatic nitrogens is 4. The van der Waals surface area contributed by atoms with Crippen LogP contribution in [0.5, 0.6) is 0 Å². The van der Waals surface area contributed by atoms with Gasteiger partial charge in [0.1, 0.15) is 17.1 Å². The van der Waals surface area contributed by atoms with Gasteiger partial charge in [-0.15, -0.1) is 5.10 Å². The van der Waals surface area contributed by atoms with Crippen LogP contribution in [0.15, 0.2) is 30.5 Å². The summed E-state index contributed by atoms with van der Waals surface area (Å²) >= 11 is 0. The summed E-state index contributed by atoms with van der Waals surface area (Å²) in [6.07, 6.45) is 7.57. The molecule has 0 aliphatic heterocycles. The molecule has 0 unspecified atom stereocenters. The summed E-state index contributed by atoms with van der Waals surface area (Å²) in [7, 11) is 0. The quantitative estimate of drug-likeness (QED) is 0.531. The molecule has 0 saturated heterocycles. The number of anilines is 1. The fourth-order valence-electron chi connectivity index (χ4n) is 4.29. The van der Waals surface area contributed by atoms with Crippen LogP contribution >= 0.6 is 0 Å². The van der Waals surface area contributed by atoms with Crippen molar-refractivity contribution in [3.8, 4) is 11.3 Å². The van der Waals surface area contributed by atoms with E-state index < -0.39 is 0 Å².